The van der Waals surface area contributed by atoms with Crippen LogP contribution in [-0.4, -0.2) is 43.6 Å². The van der Waals surface area contributed by atoms with Crippen LogP contribution in [0.2, 0.25) is 0 Å². The molecule has 0 bridgehead atoms. The Hall–Kier alpha value is -3.17. The molecule has 2 aromatic heterocycles. The van der Waals surface area contributed by atoms with Crippen LogP contribution in [0.4, 0.5) is 0 Å². The lowest BCUT2D eigenvalue weighted by molar-refractivity contribution is -0.0459. The van der Waals surface area contributed by atoms with Gasteiger partial charge in [0, 0.05) is 18.8 Å². The zero-order valence-corrected chi connectivity index (χ0v) is 13.5. The third-order valence-corrected chi connectivity index (χ3v) is 3.78. The minimum atomic E-state index is -0.900. The normalized spacial score (nSPS) is 21.4. The average Bonchev–Trinajstić information content (AvgIpc) is 3.01. The maximum absolute atomic E-state index is 12.0. The molecule has 0 unspecified atom stereocenters. The highest BCUT2D eigenvalue weighted by molar-refractivity contribution is 5.41. The molecule has 3 rings (SSSR count). The van der Waals surface area contributed by atoms with E-state index in [1.165, 1.54) is 6.20 Å². The van der Waals surface area contributed by atoms with Gasteiger partial charge in [0.2, 0.25) is 0 Å². The van der Waals surface area contributed by atoms with Crippen molar-refractivity contribution >= 4 is 0 Å². The van der Waals surface area contributed by atoms with Gasteiger partial charge in [-0.3, -0.25) is 14.3 Å². The molecule has 0 aliphatic carbocycles. The summed E-state index contributed by atoms with van der Waals surface area (Å²) >= 11 is 0. The van der Waals surface area contributed by atoms with Crippen molar-refractivity contribution in [1.82, 2.24) is 14.5 Å². The lowest BCUT2D eigenvalue weighted by atomic mass is 10.2. The minimum Gasteiger partial charge on any atom is -0.394 e. The molecule has 8 heteroatoms. The van der Waals surface area contributed by atoms with Crippen molar-refractivity contribution in [3.05, 3.63) is 62.7 Å². The summed E-state index contributed by atoms with van der Waals surface area (Å²) in [5.74, 6) is 10.4. The van der Waals surface area contributed by atoms with Gasteiger partial charge in [0.05, 0.1) is 12.7 Å². The van der Waals surface area contributed by atoms with E-state index >= 15 is 0 Å². The summed E-state index contributed by atoms with van der Waals surface area (Å²) in [5, 5.41) is 18.9. The maximum Gasteiger partial charge on any atom is 0.330 e. The van der Waals surface area contributed by atoms with Crippen molar-refractivity contribution in [3.63, 3.8) is 0 Å². The fourth-order valence-electron chi connectivity index (χ4n) is 2.47. The number of aromatic amines is 1. The molecule has 132 valence electrons. The van der Waals surface area contributed by atoms with Gasteiger partial charge in [0.1, 0.15) is 23.6 Å². The number of H-pyrrole nitrogens is 1. The number of ether oxygens (including phenoxy) is 1. The zero-order chi connectivity index (χ0) is 18.5. The third kappa shape index (κ3) is 3.90. The van der Waals surface area contributed by atoms with Crippen LogP contribution < -0.4 is 11.2 Å². The summed E-state index contributed by atoms with van der Waals surface area (Å²) < 4.78 is 6.56. The monoisotopic (exact) mass is 353 g/mol. The van der Waals surface area contributed by atoms with Gasteiger partial charge in [-0.25, -0.2) is 9.78 Å². The van der Waals surface area contributed by atoms with Gasteiger partial charge in [-0.2, -0.15) is 0 Å². The van der Waals surface area contributed by atoms with Crippen molar-refractivity contribution in [2.45, 2.75) is 24.9 Å². The quantitative estimate of drug-likeness (QED) is 0.595. The van der Waals surface area contributed by atoms with E-state index in [0.29, 0.717) is 5.69 Å². The number of aromatic nitrogens is 3. The Morgan fingerprint density at radius 2 is 2.12 bits per heavy atom. The highest BCUT2D eigenvalue weighted by Gasteiger charge is 2.35. The second-order valence-electron chi connectivity index (χ2n) is 5.54. The lowest BCUT2D eigenvalue weighted by Gasteiger charge is -2.14. The molecule has 2 aromatic rings. The van der Waals surface area contributed by atoms with Crippen LogP contribution in [0.25, 0.3) is 0 Å². The van der Waals surface area contributed by atoms with E-state index in [2.05, 4.69) is 33.6 Å². The van der Waals surface area contributed by atoms with Crippen LogP contribution in [0.3, 0.4) is 0 Å². The zero-order valence-electron chi connectivity index (χ0n) is 13.5. The lowest BCUT2D eigenvalue weighted by Crippen LogP contribution is -2.33. The standard InChI is InChI=1S/C18H15N3O5/c22-11-15-14(23)9-16(26-15)21-10-12(17(24)20-18(21)25)5-1-2-6-13-7-3-4-8-19-13/h3-4,7-8,10,14-16,22-23H,9,11H2,(H,20,24,25)/t14-,15+,16+/m0/s1. The first kappa shape index (κ1) is 17.6. The van der Waals surface area contributed by atoms with E-state index in [4.69, 9.17) is 9.84 Å². The Kier molecular flexibility index (Phi) is 5.30. The fraction of sp³-hybridized carbons (Fsp3) is 0.278. The smallest absolute Gasteiger partial charge is 0.330 e. The molecule has 0 radical (unpaired) electrons. The van der Waals surface area contributed by atoms with E-state index in [1.54, 1.807) is 24.4 Å². The van der Waals surface area contributed by atoms with E-state index in [0.717, 1.165) is 4.57 Å². The molecule has 8 nitrogen and oxygen atoms in total. The van der Waals surface area contributed by atoms with Gasteiger partial charge in [0.15, 0.2) is 0 Å². The maximum atomic E-state index is 12.0. The average molecular weight is 353 g/mol. The molecule has 1 aliphatic rings. The molecule has 3 N–H and O–H groups in total. The Labute approximate surface area is 148 Å². The number of pyridine rings is 1. The summed E-state index contributed by atoms with van der Waals surface area (Å²) in [6.07, 6.45) is 0.497. The number of rotatable bonds is 2. The molecular formula is C18H15N3O5. The van der Waals surface area contributed by atoms with Crippen LogP contribution in [0.15, 0.2) is 40.2 Å². The van der Waals surface area contributed by atoms with Gasteiger partial charge in [0.25, 0.3) is 5.56 Å². The third-order valence-electron chi connectivity index (χ3n) is 3.78. The highest BCUT2D eigenvalue weighted by atomic mass is 16.5. The topological polar surface area (TPSA) is 117 Å². The second-order valence-corrected chi connectivity index (χ2v) is 5.54. The Morgan fingerprint density at radius 3 is 2.81 bits per heavy atom. The van der Waals surface area contributed by atoms with Crippen LogP contribution >= 0.6 is 0 Å². The Bertz CT molecular complexity index is 1020. The van der Waals surface area contributed by atoms with Gasteiger partial charge in [-0.1, -0.05) is 6.07 Å². The predicted molar refractivity (Wildman–Crippen MR) is 90.9 cm³/mol. The molecule has 1 saturated heterocycles. The Balaban J connectivity index is 1.86. The first-order chi connectivity index (χ1) is 12.6. The molecule has 0 amide bonds. The van der Waals surface area contributed by atoms with Crippen molar-refractivity contribution in [2.75, 3.05) is 6.61 Å². The van der Waals surface area contributed by atoms with Gasteiger partial charge >= 0.3 is 5.69 Å². The number of aliphatic hydroxyl groups excluding tert-OH is 2. The van der Waals surface area contributed by atoms with E-state index in [9.17, 15) is 14.7 Å². The second kappa shape index (κ2) is 7.81. The van der Waals surface area contributed by atoms with Gasteiger partial charge in [-0.15, -0.1) is 0 Å². The number of nitrogens with zero attached hydrogens (tertiary/aromatic N) is 2. The Morgan fingerprint density at radius 1 is 1.31 bits per heavy atom. The molecular weight excluding hydrogens is 338 g/mol. The fourth-order valence-corrected chi connectivity index (χ4v) is 2.47. The van der Waals surface area contributed by atoms with Crippen molar-refractivity contribution in [3.8, 4) is 23.7 Å². The van der Waals surface area contributed by atoms with E-state index in [1.807, 2.05) is 0 Å². The minimum absolute atomic E-state index is 0.0328. The summed E-state index contributed by atoms with van der Waals surface area (Å²) in [7, 11) is 0. The molecule has 26 heavy (non-hydrogen) atoms. The van der Waals surface area contributed by atoms with Crippen LogP contribution in [0.5, 0.6) is 0 Å². The number of hydrogen-bond acceptors (Lipinski definition) is 6. The molecule has 0 saturated carbocycles. The van der Waals surface area contributed by atoms with E-state index in [-0.39, 0.29) is 18.6 Å². The molecule has 1 aliphatic heterocycles. The van der Waals surface area contributed by atoms with Crippen LogP contribution in [0.1, 0.15) is 23.9 Å². The van der Waals surface area contributed by atoms with Gasteiger partial charge < -0.3 is 14.9 Å². The van der Waals surface area contributed by atoms with Crippen molar-refractivity contribution in [2.24, 2.45) is 0 Å². The van der Waals surface area contributed by atoms with Crippen molar-refractivity contribution in [1.29, 1.82) is 0 Å². The summed E-state index contributed by atoms with van der Waals surface area (Å²) in [6.45, 7) is -0.369. The molecule has 3 atom stereocenters. The summed E-state index contributed by atoms with van der Waals surface area (Å²) in [6, 6.07) is 5.28. The van der Waals surface area contributed by atoms with Crippen molar-refractivity contribution < 1.29 is 14.9 Å². The van der Waals surface area contributed by atoms with Gasteiger partial charge in [-0.05, 0) is 35.8 Å². The first-order valence-electron chi connectivity index (χ1n) is 7.81. The molecule has 0 aromatic carbocycles. The molecule has 0 spiro atoms. The van der Waals surface area contributed by atoms with E-state index < -0.39 is 29.7 Å². The molecule has 3 heterocycles. The number of hydrogen-bond donors (Lipinski definition) is 3. The highest BCUT2D eigenvalue weighted by Crippen LogP contribution is 2.27. The number of aliphatic hydroxyl groups is 2. The predicted octanol–water partition coefficient (Wildman–Crippen LogP) is -1.02. The molecule has 1 fully saturated rings. The van der Waals surface area contributed by atoms with Crippen LogP contribution in [-0.2, 0) is 4.74 Å². The number of nitrogens with one attached hydrogen (secondary N) is 1. The summed E-state index contributed by atoms with van der Waals surface area (Å²) in [4.78, 5) is 30.1. The van der Waals surface area contributed by atoms with Crippen LogP contribution in [0, 0.1) is 23.7 Å². The summed E-state index contributed by atoms with van der Waals surface area (Å²) in [5.41, 5.74) is -0.749. The first-order valence-corrected chi connectivity index (χ1v) is 7.81. The SMILES string of the molecule is O=c1[nH]c(=O)n([C@H]2C[C@H](O)[C@@H](CO)O2)cc1C#CC#Cc1ccccn1. The largest absolute Gasteiger partial charge is 0.394 e.